The lowest BCUT2D eigenvalue weighted by Gasteiger charge is -2.19. The van der Waals surface area contributed by atoms with Crippen LogP contribution in [0.5, 0.6) is 0 Å². The minimum absolute atomic E-state index is 0.0399. The first-order chi connectivity index (χ1) is 18.0. The molecule has 37 heavy (non-hydrogen) atoms. The van der Waals surface area contributed by atoms with Gasteiger partial charge in [-0.25, -0.2) is 0 Å². The van der Waals surface area contributed by atoms with Crippen LogP contribution in [0.15, 0.2) is 115 Å². The quantitative estimate of drug-likeness (QED) is 0.229. The second-order valence-corrected chi connectivity index (χ2v) is 8.46. The predicted molar refractivity (Wildman–Crippen MR) is 147 cm³/mol. The SMILES string of the molecule is O=C(NNC(=S)NC(=O)C(c1ccccc1)c1ccccc1)c1ccc(NC(=O)c2ccccc2)cc1. The van der Waals surface area contributed by atoms with E-state index in [1.54, 1.807) is 48.5 Å². The highest BCUT2D eigenvalue weighted by Gasteiger charge is 2.23. The largest absolute Gasteiger partial charge is 0.322 e. The third-order valence-corrected chi connectivity index (χ3v) is 5.70. The summed E-state index contributed by atoms with van der Waals surface area (Å²) in [7, 11) is 0. The van der Waals surface area contributed by atoms with Gasteiger partial charge in [0.15, 0.2) is 5.11 Å². The molecule has 0 aliphatic rings. The zero-order valence-corrected chi connectivity index (χ0v) is 20.5. The smallest absolute Gasteiger partial charge is 0.269 e. The number of thiocarbonyl (C=S) groups is 1. The first-order valence-electron chi connectivity index (χ1n) is 11.5. The molecule has 4 N–H and O–H groups in total. The third-order valence-electron chi connectivity index (χ3n) is 5.50. The van der Waals surface area contributed by atoms with Gasteiger partial charge in [0, 0.05) is 16.8 Å². The fraction of sp³-hybridized carbons (Fsp3) is 0.0345. The lowest BCUT2D eigenvalue weighted by atomic mass is 9.90. The Morgan fingerprint density at radius 1 is 0.568 bits per heavy atom. The van der Waals surface area contributed by atoms with Crippen molar-refractivity contribution >= 4 is 40.7 Å². The Morgan fingerprint density at radius 3 is 1.59 bits per heavy atom. The van der Waals surface area contributed by atoms with Crippen molar-refractivity contribution < 1.29 is 14.4 Å². The number of hydrogen-bond donors (Lipinski definition) is 4. The van der Waals surface area contributed by atoms with Crippen LogP contribution in [0, 0.1) is 0 Å². The van der Waals surface area contributed by atoms with E-state index in [0.29, 0.717) is 16.8 Å². The van der Waals surface area contributed by atoms with E-state index in [9.17, 15) is 14.4 Å². The molecule has 0 fully saturated rings. The molecule has 0 saturated carbocycles. The number of nitrogens with one attached hydrogen (secondary N) is 4. The molecule has 0 atom stereocenters. The second-order valence-electron chi connectivity index (χ2n) is 8.05. The van der Waals surface area contributed by atoms with Crippen LogP contribution in [0.1, 0.15) is 37.8 Å². The van der Waals surface area contributed by atoms with E-state index >= 15 is 0 Å². The summed E-state index contributed by atoms with van der Waals surface area (Å²) in [4.78, 5) is 37.9. The first-order valence-corrected chi connectivity index (χ1v) is 11.9. The molecular formula is C29H24N4O3S. The van der Waals surface area contributed by atoms with Crippen molar-refractivity contribution in [1.82, 2.24) is 16.2 Å². The van der Waals surface area contributed by atoms with Crippen LogP contribution in [0.25, 0.3) is 0 Å². The number of hydrogen-bond acceptors (Lipinski definition) is 4. The number of hydrazine groups is 1. The fourth-order valence-electron chi connectivity index (χ4n) is 3.68. The summed E-state index contributed by atoms with van der Waals surface area (Å²) in [6.07, 6.45) is 0. The van der Waals surface area contributed by atoms with Gasteiger partial charge in [0.1, 0.15) is 0 Å². The van der Waals surface area contributed by atoms with Crippen molar-refractivity contribution in [3.63, 3.8) is 0 Å². The maximum atomic E-state index is 13.1. The average molecular weight is 509 g/mol. The van der Waals surface area contributed by atoms with E-state index < -0.39 is 11.8 Å². The van der Waals surface area contributed by atoms with E-state index in [0.717, 1.165) is 11.1 Å². The van der Waals surface area contributed by atoms with E-state index in [2.05, 4.69) is 21.5 Å². The van der Waals surface area contributed by atoms with Crippen LogP contribution >= 0.6 is 12.2 Å². The minimum atomic E-state index is -0.573. The molecule has 0 spiro atoms. The van der Waals surface area contributed by atoms with E-state index in [1.165, 1.54) is 0 Å². The normalized spacial score (nSPS) is 10.3. The van der Waals surface area contributed by atoms with E-state index in [4.69, 9.17) is 12.2 Å². The van der Waals surface area contributed by atoms with Gasteiger partial charge in [-0.2, -0.15) is 0 Å². The van der Waals surface area contributed by atoms with Crippen molar-refractivity contribution in [2.75, 3.05) is 5.32 Å². The van der Waals surface area contributed by atoms with Crippen LogP contribution in [0.4, 0.5) is 5.69 Å². The van der Waals surface area contributed by atoms with Gasteiger partial charge >= 0.3 is 0 Å². The molecule has 4 aromatic rings. The topological polar surface area (TPSA) is 99.3 Å². The summed E-state index contributed by atoms with van der Waals surface area (Å²) in [5.41, 5.74) is 8.10. The van der Waals surface area contributed by atoms with Crippen LogP contribution < -0.4 is 21.5 Å². The zero-order valence-electron chi connectivity index (χ0n) is 19.7. The average Bonchev–Trinajstić information content (AvgIpc) is 2.94. The van der Waals surface area contributed by atoms with Crippen LogP contribution in [-0.2, 0) is 4.79 Å². The van der Waals surface area contributed by atoms with Crippen molar-refractivity contribution in [2.45, 2.75) is 5.92 Å². The fourth-order valence-corrected chi connectivity index (χ4v) is 3.84. The van der Waals surface area contributed by atoms with Crippen molar-refractivity contribution in [3.05, 3.63) is 138 Å². The van der Waals surface area contributed by atoms with Crippen molar-refractivity contribution in [1.29, 1.82) is 0 Å². The lowest BCUT2D eigenvalue weighted by molar-refractivity contribution is -0.120. The molecule has 8 heteroatoms. The molecule has 0 saturated heterocycles. The van der Waals surface area contributed by atoms with Gasteiger partial charge in [-0.05, 0) is 59.7 Å². The summed E-state index contributed by atoms with van der Waals surface area (Å²) < 4.78 is 0. The highest BCUT2D eigenvalue weighted by atomic mass is 32.1. The van der Waals surface area contributed by atoms with Crippen molar-refractivity contribution in [3.8, 4) is 0 Å². The lowest BCUT2D eigenvalue weighted by Crippen LogP contribution is -2.49. The summed E-state index contributed by atoms with van der Waals surface area (Å²) in [6, 6.07) is 34.0. The predicted octanol–water partition coefficient (Wildman–Crippen LogP) is 4.41. The number of rotatable bonds is 6. The number of carbonyl (C=O) groups is 3. The highest BCUT2D eigenvalue weighted by molar-refractivity contribution is 7.80. The third kappa shape index (κ3) is 6.87. The maximum absolute atomic E-state index is 13.1. The van der Waals surface area contributed by atoms with E-state index in [-0.39, 0.29) is 16.9 Å². The molecule has 0 bridgehead atoms. The molecule has 0 aliphatic carbocycles. The number of anilines is 1. The molecule has 0 aliphatic heterocycles. The Balaban J connectivity index is 1.32. The molecule has 0 aromatic heterocycles. The van der Waals surface area contributed by atoms with Crippen LogP contribution in [-0.4, -0.2) is 22.8 Å². The maximum Gasteiger partial charge on any atom is 0.269 e. The molecular weight excluding hydrogens is 484 g/mol. The van der Waals surface area contributed by atoms with Gasteiger partial charge in [0.25, 0.3) is 11.8 Å². The second kappa shape index (κ2) is 12.2. The summed E-state index contributed by atoms with van der Waals surface area (Å²) in [6.45, 7) is 0. The van der Waals surface area contributed by atoms with E-state index in [1.807, 2.05) is 66.7 Å². The Bertz CT molecular complexity index is 1340. The van der Waals surface area contributed by atoms with Gasteiger partial charge in [-0.15, -0.1) is 0 Å². The molecule has 4 aromatic carbocycles. The highest BCUT2D eigenvalue weighted by Crippen LogP contribution is 2.24. The Hall–Kier alpha value is -4.82. The Labute approximate surface area is 219 Å². The van der Waals surface area contributed by atoms with Gasteiger partial charge in [-0.1, -0.05) is 78.9 Å². The minimum Gasteiger partial charge on any atom is -0.322 e. The monoisotopic (exact) mass is 508 g/mol. The first kappa shape index (κ1) is 25.3. The molecule has 184 valence electrons. The van der Waals surface area contributed by atoms with Gasteiger partial charge in [0.2, 0.25) is 5.91 Å². The number of amides is 3. The zero-order chi connectivity index (χ0) is 26.0. The molecule has 0 radical (unpaired) electrons. The van der Waals surface area contributed by atoms with Crippen molar-refractivity contribution in [2.24, 2.45) is 0 Å². The summed E-state index contributed by atoms with van der Waals surface area (Å²) in [5.74, 6) is -1.61. The molecule has 7 nitrogen and oxygen atoms in total. The number of benzene rings is 4. The Kier molecular flexibility index (Phi) is 8.36. The number of carbonyl (C=O) groups excluding carboxylic acids is 3. The molecule has 3 amide bonds. The molecule has 4 rings (SSSR count). The molecule has 0 unspecified atom stereocenters. The van der Waals surface area contributed by atoms with Crippen LogP contribution in [0.2, 0.25) is 0 Å². The standard InChI is InChI=1S/C29H24N4O3S/c34-26(22-14-8-3-9-15-22)30-24-18-16-23(17-19-24)27(35)32-33-29(37)31-28(36)25(20-10-4-1-5-11-20)21-12-6-2-7-13-21/h1-19,25H,(H,30,34)(H,32,35)(H2,31,33,36,37). The molecule has 0 heterocycles. The summed E-state index contributed by atoms with van der Waals surface area (Å²) >= 11 is 5.23. The van der Waals surface area contributed by atoms with Gasteiger partial charge < -0.3 is 10.6 Å². The summed E-state index contributed by atoms with van der Waals surface area (Å²) in [5, 5.41) is 5.39. The van der Waals surface area contributed by atoms with Crippen LogP contribution in [0.3, 0.4) is 0 Å². The van der Waals surface area contributed by atoms with Gasteiger partial charge in [-0.3, -0.25) is 25.2 Å². The Morgan fingerprint density at radius 2 is 1.05 bits per heavy atom. The van der Waals surface area contributed by atoms with Gasteiger partial charge in [0.05, 0.1) is 5.92 Å².